The van der Waals surface area contributed by atoms with Crippen molar-refractivity contribution >= 4 is 17.0 Å². The number of rotatable bonds is 3. The number of hydrogen-bond donors (Lipinski definition) is 2. The predicted molar refractivity (Wildman–Crippen MR) is 86.1 cm³/mol. The Kier molecular flexibility index (Phi) is 4.03. The Labute approximate surface area is 124 Å². The first-order valence-corrected chi connectivity index (χ1v) is 8.13. The van der Waals surface area contributed by atoms with Crippen molar-refractivity contribution in [2.45, 2.75) is 44.7 Å². The van der Waals surface area contributed by atoms with Gasteiger partial charge in [-0.25, -0.2) is 4.98 Å². The van der Waals surface area contributed by atoms with Crippen LogP contribution in [0.1, 0.15) is 30.7 Å². The molecule has 1 aliphatic rings. The number of aromatic nitrogens is 1. The standard InChI is InChI=1S/C16H21N3S/c1-11-18-16(10-20-11)12-2-6-14(7-3-12)19-15-8-4-13(17)5-9-15/h2-3,6-7,10,13,15,19H,4-5,8-9,17H2,1H3. The molecule has 0 atom stereocenters. The number of nitrogens with zero attached hydrogens (tertiary/aromatic N) is 1. The van der Waals surface area contributed by atoms with Gasteiger partial charge in [-0.3, -0.25) is 0 Å². The highest BCUT2D eigenvalue weighted by Crippen LogP contribution is 2.25. The third kappa shape index (κ3) is 3.19. The molecule has 0 spiro atoms. The van der Waals surface area contributed by atoms with Crippen molar-refractivity contribution in [3.8, 4) is 11.3 Å². The molecule has 3 nitrogen and oxygen atoms in total. The summed E-state index contributed by atoms with van der Waals surface area (Å²) in [6.07, 6.45) is 4.62. The van der Waals surface area contributed by atoms with E-state index in [4.69, 9.17) is 5.73 Å². The van der Waals surface area contributed by atoms with Gasteiger partial charge in [0.2, 0.25) is 0 Å². The van der Waals surface area contributed by atoms with Crippen molar-refractivity contribution in [2.24, 2.45) is 5.73 Å². The quantitative estimate of drug-likeness (QED) is 0.902. The van der Waals surface area contributed by atoms with Crippen LogP contribution in [-0.4, -0.2) is 17.1 Å². The number of hydrogen-bond acceptors (Lipinski definition) is 4. The van der Waals surface area contributed by atoms with Crippen LogP contribution in [-0.2, 0) is 0 Å². The van der Waals surface area contributed by atoms with E-state index in [1.54, 1.807) is 11.3 Å². The Morgan fingerprint density at radius 2 is 1.85 bits per heavy atom. The number of anilines is 1. The molecule has 1 saturated carbocycles. The SMILES string of the molecule is Cc1nc(-c2ccc(NC3CCC(N)CC3)cc2)cs1. The van der Waals surface area contributed by atoms with E-state index in [0.717, 1.165) is 23.5 Å². The Hall–Kier alpha value is -1.39. The second-order valence-electron chi connectivity index (χ2n) is 5.59. The Bertz CT molecular complexity index is 553. The zero-order valence-electron chi connectivity index (χ0n) is 11.8. The van der Waals surface area contributed by atoms with Gasteiger partial charge in [-0.1, -0.05) is 12.1 Å². The largest absolute Gasteiger partial charge is 0.382 e. The summed E-state index contributed by atoms with van der Waals surface area (Å²) in [7, 11) is 0. The van der Waals surface area contributed by atoms with Gasteiger partial charge in [-0.05, 0) is 44.7 Å². The second kappa shape index (κ2) is 5.94. The fourth-order valence-corrected chi connectivity index (χ4v) is 3.35. The van der Waals surface area contributed by atoms with Gasteiger partial charge in [-0.15, -0.1) is 11.3 Å². The Balaban J connectivity index is 1.64. The summed E-state index contributed by atoms with van der Waals surface area (Å²) in [5, 5.41) is 6.84. The molecule has 0 saturated heterocycles. The maximum atomic E-state index is 5.94. The Morgan fingerprint density at radius 3 is 2.45 bits per heavy atom. The molecule has 106 valence electrons. The maximum absolute atomic E-state index is 5.94. The van der Waals surface area contributed by atoms with Crippen LogP contribution in [0.4, 0.5) is 5.69 Å². The summed E-state index contributed by atoms with van der Waals surface area (Å²) in [6.45, 7) is 2.04. The third-order valence-electron chi connectivity index (χ3n) is 3.94. The van der Waals surface area contributed by atoms with Crippen LogP contribution in [0.5, 0.6) is 0 Å². The van der Waals surface area contributed by atoms with Crippen molar-refractivity contribution < 1.29 is 0 Å². The summed E-state index contributed by atoms with van der Waals surface area (Å²) < 4.78 is 0. The summed E-state index contributed by atoms with van der Waals surface area (Å²) in [5.74, 6) is 0. The van der Waals surface area contributed by atoms with Crippen LogP contribution in [0.25, 0.3) is 11.3 Å². The average molecular weight is 287 g/mol. The molecule has 1 fully saturated rings. The van der Waals surface area contributed by atoms with Gasteiger partial charge in [0.05, 0.1) is 10.7 Å². The molecule has 20 heavy (non-hydrogen) atoms. The van der Waals surface area contributed by atoms with Crippen LogP contribution in [0.2, 0.25) is 0 Å². The maximum Gasteiger partial charge on any atom is 0.0901 e. The van der Waals surface area contributed by atoms with Crippen molar-refractivity contribution in [2.75, 3.05) is 5.32 Å². The molecule has 0 radical (unpaired) electrons. The van der Waals surface area contributed by atoms with E-state index in [1.165, 1.54) is 24.1 Å². The fraction of sp³-hybridized carbons (Fsp3) is 0.438. The number of nitrogens with two attached hydrogens (primary N) is 1. The number of aryl methyl sites for hydroxylation is 1. The van der Waals surface area contributed by atoms with Crippen LogP contribution >= 0.6 is 11.3 Å². The fourth-order valence-electron chi connectivity index (χ4n) is 2.73. The molecule has 0 unspecified atom stereocenters. The molecule has 4 heteroatoms. The molecular weight excluding hydrogens is 266 g/mol. The van der Waals surface area contributed by atoms with E-state index in [2.05, 4.69) is 39.9 Å². The molecule has 1 aliphatic carbocycles. The second-order valence-corrected chi connectivity index (χ2v) is 6.65. The summed E-state index contributed by atoms with van der Waals surface area (Å²) in [4.78, 5) is 4.52. The van der Waals surface area contributed by atoms with Crippen LogP contribution in [0.15, 0.2) is 29.6 Å². The average Bonchev–Trinajstić information content (AvgIpc) is 2.89. The molecule has 3 rings (SSSR count). The van der Waals surface area contributed by atoms with Gasteiger partial charge in [0.25, 0.3) is 0 Å². The zero-order valence-corrected chi connectivity index (χ0v) is 12.6. The van der Waals surface area contributed by atoms with Crippen molar-refractivity contribution in [1.29, 1.82) is 0 Å². The van der Waals surface area contributed by atoms with Gasteiger partial charge >= 0.3 is 0 Å². The lowest BCUT2D eigenvalue weighted by Crippen LogP contribution is -2.32. The predicted octanol–water partition coefficient (Wildman–Crippen LogP) is 3.80. The third-order valence-corrected chi connectivity index (χ3v) is 4.72. The molecule has 2 aromatic rings. The van der Waals surface area contributed by atoms with E-state index in [9.17, 15) is 0 Å². The van der Waals surface area contributed by atoms with E-state index >= 15 is 0 Å². The lowest BCUT2D eigenvalue weighted by atomic mass is 9.91. The molecule has 0 bridgehead atoms. The van der Waals surface area contributed by atoms with Crippen molar-refractivity contribution in [3.63, 3.8) is 0 Å². The number of thiazole rings is 1. The van der Waals surface area contributed by atoms with Crippen molar-refractivity contribution in [1.82, 2.24) is 4.98 Å². The zero-order chi connectivity index (χ0) is 13.9. The minimum atomic E-state index is 0.406. The minimum Gasteiger partial charge on any atom is -0.382 e. The first kappa shape index (κ1) is 13.6. The lowest BCUT2D eigenvalue weighted by molar-refractivity contribution is 0.411. The van der Waals surface area contributed by atoms with E-state index in [-0.39, 0.29) is 0 Å². The molecule has 0 aliphatic heterocycles. The van der Waals surface area contributed by atoms with Gasteiger partial charge in [0.15, 0.2) is 0 Å². The molecular formula is C16H21N3S. The topological polar surface area (TPSA) is 50.9 Å². The first-order valence-electron chi connectivity index (χ1n) is 7.25. The van der Waals surface area contributed by atoms with Crippen LogP contribution < -0.4 is 11.1 Å². The van der Waals surface area contributed by atoms with Gasteiger partial charge in [0, 0.05) is 28.7 Å². The lowest BCUT2D eigenvalue weighted by Gasteiger charge is -2.27. The summed E-state index contributed by atoms with van der Waals surface area (Å²) in [6, 6.07) is 9.57. The minimum absolute atomic E-state index is 0.406. The molecule has 1 heterocycles. The summed E-state index contributed by atoms with van der Waals surface area (Å²) >= 11 is 1.69. The first-order chi connectivity index (χ1) is 9.70. The van der Waals surface area contributed by atoms with E-state index < -0.39 is 0 Å². The number of benzene rings is 1. The highest BCUT2D eigenvalue weighted by Gasteiger charge is 2.18. The van der Waals surface area contributed by atoms with Crippen LogP contribution in [0.3, 0.4) is 0 Å². The molecule has 1 aromatic heterocycles. The molecule has 1 aromatic carbocycles. The molecule has 0 amide bonds. The monoisotopic (exact) mass is 287 g/mol. The Morgan fingerprint density at radius 1 is 1.15 bits per heavy atom. The van der Waals surface area contributed by atoms with E-state index in [1.807, 2.05) is 6.92 Å². The van der Waals surface area contributed by atoms with Gasteiger partial charge in [0.1, 0.15) is 0 Å². The van der Waals surface area contributed by atoms with Crippen LogP contribution in [0, 0.1) is 6.92 Å². The van der Waals surface area contributed by atoms with Gasteiger partial charge in [-0.2, -0.15) is 0 Å². The molecule has 3 N–H and O–H groups in total. The van der Waals surface area contributed by atoms with Gasteiger partial charge < -0.3 is 11.1 Å². The normalized spacial score (nSPS) is 22.7. The summed E-state index contributed by atoms with van der Waals surface area (Å²) in [5.41, 5.74) is 9.40. The van der Waals surface area contributed by atoms with E-state index in [0.29, 0.717) is 12.1 Å². The van der Waals surface area contributed by atoms with Crippen molar-refractivity contribution in [3.05, 3.63) is 34.7 Å². The highest BCUT2D eigenvalue weighted by atomic mass is 32.1. The smallest absolute Gasteiger partial charge is 0.0901 e. The number of nitrogens with one attached hydrogen (secondary N) is 1. The highest BCUT2D eigenvalue weighted by molar-refractivity contribution is 7.09.